The third-order valence-corrected chi connectivity index (χ3v) is 2.96. The van der Waals surface area contributed by atoms with Crippen LogP contribution in [-0.2, 0) is 11.0 Å². The first-order valence-corrected chi connectivity index (χ1v) is 7.02. The van der Waals surface area contributed by atoms with Gasteiger partial charge in [0.2, 0.25) is 0 Å². The van der Waals surface area contributed by atoms with Crippen molar-refractivity contribution >= 4 is 16.9 Å². The molecule has 0 heterocycles. The summed E-state index contributed by atoms with van der Waals surface area (Å²) in [7, 11) is -1.34. The molecule has 0 aliphatic heterocycles. The summed E-state index contributed by atoms with van der Waals surface area (Å²) in [5.74, 6) is -0.324. The lowest BCUT2D eigenvalue weighted by Gasteiger charge is -2.04. The van der Waals surface area contributed by atoms with Crippen LogP contribution in [0, 0.1) is 0 Å². The molecule has 2 aromatic carbocycles. The monoisotopic (exact) mass is 259 g/mol. The van der Waals surface area contributed by atoms with Crippen molar-refractivity contribution in [1.29, 1.82) is 0 Å². The van der Waals surface area contributed by atoms with Crippen LogP contribution < -0.4 is 4.72 Å². The Morgan fingerprint density at radius 3 is 2.06 bits per heavy atom. The molecule has 0 fully saturated rings. The van der Waals surface area contributed by atoms with E-state index in [9.17, 15) is 9.00 Å². The molecule has 1 unspecified atom stereocenters. The van der Waals surface area contributed by atoms with E-state index in [-0.39, 0.29) is 5.91 Å². The molecular formula is C14H13NO2S. The van der Waals surface area contributed by atoms with Crippen LogP contribution in [0.3, 0.4) is 0 Å². The molecule has 4 heteroatoms. The van der Waals surface area contributed by atoms with Gasteiger partial charge in [0.05, 0.1) is 0 Å². The SMILES string of the molecule is CS(=O)NC(=O)c1ccc(-c2ccccc2)cc1. The molecule has 18 heavy (non-hydrogen) atoms. The van der Waals surface area contributed by atoms with Crippen molar-refractivity contribution in [3.8, 4) is 11.1 Å². The molecular weight excluding hydrogens is 246 g/mol. The van der Waals surface area contributed by atoms with Gasteiger partial charge in [0.1, 0.15) is 11.0 Å². The zero-order valence-corrected chi connectivity index (χ0v) is 10.7. The van der Waals surface area contributed by atoms with Gasteiger partial charge in [-0.25, -0.2) is 4.21 Å². The van der Waals surface area contributed by atoms with Gasteiger partial charge in [0.15, 0.2) is 0 Å². The Hall–Kier alpha value is -1.94. The summed E-state index contributed by atoms with van der Waals surface area (Å²) in [5.41, 5.74) is 2.65. The Kier molecular flexibility index (Phi) is 3.89. The molecule has 0 saturated carbocycles. The fraction of sp³-hybridized carbons (Fsp3) is 0.0714. The zero-order chi connectivity index (χ0) is 13.0. The molecule has 0 aliphatic carbocycles. The van der Waals surface area contributed by atoms with E-state index >= 15 is 0 Å². The lowest BCUT2D eigenvalue weighted by Crippen LogP contribution is -2.24. The molecule has 0 aromatic heterocycles. The highest BCUT2D eigenvalue weighted by molar-refractivity contribution is 7.82. The summed E-state index contributed by atoms with van der Waals surface area (Å²) >= 11 is 0. The highest BCUT2D eigenvalue weighted by Gasteiger charge is 2.06. The molecule has 1 atom stereocenters. The number of carbonyl (C=O) groups is 1. The maximum Gasteiger partial charge on any atom is 0.262 e. The number of benzene rings is 2. The minimum Gasteiger partial charge on any atom is -0.271 e. The normalized spacial score (nSPS) is 11.8. The summed E-state index contributed by atoms with van der Waals surface area (Å²) in [6, 6.07) is 17.1. The van der Waals surface area contributed by atoms with Crippen LogP contribution >= 0.6 is 0 Å². The Labute approximate surface area is 108 Å². The molecule has 0 spiro atoms. The highest BCUT2D eigenvalue weighted by atomic mass is 32.2. The van der Waals surface area contributed by atoms with Gasteiger partial charge in [0.25, 0.3) is 5.91 Å². The van der Waals surface area contributed by atoms with Crippen molar-refractivity contribution in [2.45, 2.75) is 0 Å². The third-order valence-electron chi connectivity index (χ3n) is 2.49. The number of amides is 1. The molecule has 0 aliphatic rings. The zero-order valence-electron chi connectivity index (χ0n) is 9.92. The van der Waals surface area contributed by atoms with Crippen molar-refractivity contribution in [1.82, 2.24) is 4.72 Å². The van der Waals surface area contributed by atoms with Crippen molar-refractivity contribution in [3.63, 3.8) is 0 Å². The molecule has 1 N–H and O–H groups in total. The maximum absolute atomic E-state index is 11.6. The second-order valence-electron chi connectivity index (χ2n) is 3.83. The van der Waals surface area contributed by atoms with E-state index in [0.717, 1.165) is 11.1 Å². The summed E-state index contributed by atoms with van der Waals surface area (Å²) < 4.78 is 13.2. The van der Waals surface area contributed by atoms with Crippen LogP contribution in [0.1, 0.15) is 10.4 Å². The fourth-order valence-corrected chi connectivity index (χ4v) is 2.01. The first kappa shape index (κ1) is 12.5. The van der Waals surface area contributed by atoms with Crippen molar-refractivity contribution < 1.29 is 9.00 Å². The van der Waals surface area contributed by atoms with Crippen LogP contribution in [0.4, 0.5) is 0 Å². The molecule has 0 bridgehead atoms. The first-order valence-electron chi connectivity index (χ1n) is 5.47. The van der Waals surface area contributed by atoms with E-state index in [0.29, 0.717) is 5.56 Å². The van der Waals surface area contributed by atoms with Crippen LogP contribution in [-0.4, -0.2) is 16.4 Å². The summed E-state index contributed by atoms with van der Waals surface area (Å²) in [5, 5.41) is 0. The number of rotatable bonds is 3. The minimum atomic E-state index is -1.34. The van der Waals surface area contributed by atoms with Gasteiger partial charge >= 0.3 is 0 Å². The smallest absolute Gasteiger partial charge is 0.262 e. The number of hydrogen-bond acceptors (Lipinski definition) is 2. The topological polar surface area (TPSA) is 46.2 Å². The van der Waals surface area contributed by atoms with Gasteiger partial charge in [-0.1, -0.05) is 42.5 Å². The van der Waals surface area contributed by atoms with E-state index < -0.39 is 11.0 Å². The van der Waals surface area contributed by atoms with Gasteiger partial charge in [-0.3, -0.25) is 9.52 Å². The lowest BCUT2D eigenvalue weighted by atomic mass is 10.0. The van der Waals surface area contributed by atoms with Crippen molar-refractivity contribution in [3.05, 3.63) is 60.2 Å². The predicted molar refractivity (Wildman–Crippen MR) is 73.4 cm³/mol. The second kappa shape index (κ2) is 5.60. The van der Waals surface area contributed by atoms with Crippen molar-refractivity contribution in [2.75, 3.05) is 6.26 Å². The van der Waals surface area contributed by atoms with E-state index in [4.69, 9.17) is 0 Å². The largest absolute Gasteiger partial charge is 0.271 e. The molecule has 2 rings (SSSR count). The standard InChI is InChI=1S/C14H13NO2S/c1-18(17)15-14(16)13-9-7-12(8-10-13)11-5-3-2-4-6-11/h2-10H,1H3,(H,15,16). The minimum absolute atomic E-state index is 0.324. The van der Waals surface area contributed by atoms with E-state index in [1.54, 1.807) is 12.1 Å². The van der Waals surface area contributed by atoms with Gasteiger partial charge in [-0.15, -0.1) is 0 Å². The maximum atomic E-state index is 11.6. The van der Waals surface area contributed by atoms with E-state index in [1.165, 1.54) is 6.26 Å². The number of hydrogen-bond donors (Lipinski definition) is 1. The molecule has 3 nitrogen and oxygen atoms in total. The number of nitrogens with one attached hydrogen (secondary N) is 1. The molecule has 92 valence electrons. The van der Waals surface area contributed by atoms with Crippen molar-refractivity contribution in [2.24, 2.45) is 0 Å². The fourth-order valence-electron chi connectivity index (χ4n) is 1.63. The number of carbonyl (C=O) groups excluding carboxylic acids is 1. The summed E-state index contributed by atoms with van der Waals surface area (Å²) in [4.78, 5) is 11.6. The Balaban J connectivity index is 2.20. The predicted octanol–water partition coefficient (Wildman–Crippen LogP) is 2.38. The summed E-state index contributed by atoms with van der Waals surface area (Å²) in [6.45, 7) is 0. The Bertz CT molecular complexity index is 564. The van der Waals surface area contributed by atoms with Gasteiger partial charge in [-0.05, 0) is 23.3 Å². The quantitative estimate of drug-likeness (QED) is 0.920. The molecule has 0 saturated heterocycles. The van der Waals surface area contributed by atoms with E-state index in [1.807, 2.05) is 42.5 Å². The Morgan fingerprint density at radius 1 is 0.944 bits per heavy atom. The van der Waals surface area contributed by atoms with Gasteiger partial charge < -0.3 is 0 Å². The average Bonchev–Trinajstić information content (AvgIpc) is 2.39. The highest BCUT2D eigenvalue weighted by Crippen LogP contribution is 2.19. The second-order valence-corrected chi connectivity index (χ2v) is 4.94. The van der Waals surface area contributed by atoms with Gasteiger partial charge in [-0.2, -0.15) is 0 Å². The van der Waals surface area contributed by atoms with Crippen LogP contribution in [0.5, 0.6) is 0 Å². The van der Waals surface area contributed by atoms with Crippen LogP contribution in [0.15, 0.2) is 54.6 Å². The van der Waals surface area contributed by atoms with Crippen LogP contribution in [0.25, 0.3) is 11.1 Å². The van der Waals surface area contributed by atoms with E-state index in [2.05, 4.69) is 4.72 Å². The molecule has 1 amide bonds. The average molecular weight is 259 g/mol. The first-order chi connectivity index (χ1) is 8.66. The van der Waals surface area contributed by atoms with Crippen LogP contribution in [0.2, 0.25) is 0 Å². The molecule has 0 radical (unpaired) electrons. The molecule has 2 aromatic rings. The lowest BCUT2D eigenvalue weighted by molar-refractivity contribution is 0.0983. The summed E-state index contributed by atoms with van der Waals surface area (Å²) in [6.07, 6.45) is 1.43. The third kappa shape index (κ3) is 3.05. The van der Waals surface area contributed by atoms with Gasteiger partial charge in [0, 0.05) is 11.8 Å². The Morgan fingerprint density at radius 2 is 1.50 bits per heavy atom.